The van der Waals surface area contributed by atoms with Crippen LogP contribution >= 0.6 is 0 Å². The van der Waals surface area contributed by atoms with Crippen molar-refractivity contribution in [3.05, 3.63) is 65.5 Å². The lowest BCUT2D eigenvalue weighted by atomic mass is 10.1. The molecule has 0 aliphatic rings. The molecule has 0 unspecified atom stereocenters. The van der Waals surface area contributed by atoms with Crippen LogP contribution in [0.25, 0.3) is 5.69 Å². The van der Waals surface area contributed by atoms with Crippen LogP contribution in [0, 0.1) is 18.3 Å². The fourth-order valence-corrected chi connectivity index (χ4v) is 2.20. The van der Waals surface area contributed by atoms with Crippen molar-refractivity contribution in [1.82, 2.24) is 20.2 Å². The zero-order valence-electron chi connectivity index (χ0n) is 12.1. The second-order valence-electron chi connectivity index (χ2n) is 4.81. The van der Waals surface area contributed by atoms with Gasteiger partial charge in [-0.25, -0.2) is 0 Å². The first-order chi connectivity index (χ1) is 10.8. The summed E-state index contributed by atoms with van der Waals surface area (Å²) in [6.45, 7) is 2.44. The third-order valence-electron chi connectivity index (χ3n) is 3.34. The van der Waals surface area contributed by atoms with Gasteiger partial charge in [0.15, 0.2) is 5.82 Å². The molecule has 3 rings (SSSR count). The molecule has 0 aliphatic heterocycles. The number of anilines is 1. The lowest BCUT2D eigenvalue weighted by molar-refractivity contribution is 0.779. The summed E-state index contributed by atoms with van der Waals surface area (Å²) in [7, 11) is 0. The van der Waals surface area contributed by atoms with Crippen LogP contribution in [-0.4, -0.2) is 20.2 Å². The van der Waals surface area contributed by atoms with Gasteiger partial charge in [0.25, 0.3) is 0 Å². The topological polar surface area (TPSA) is 79.4 Å². The zero-order chi connectivity index (χ0) is 15.4. The molecule has 3 aromatic rings. The van der Waals surface area contributed by atoms with Crippen molar-refractivity contribution in [2.24, 2.45) is 0 Å². The number of aryl methyl sites for hydroxylation is 1. The van der Waals surface area contributed by atoms with Crippen molar-refractivity contribution in [3.63, 3.8) is 0 Å². The molecule has 6 heteroatoms. The Hall–Kier alpha value is -3.20. The highest BCUT2D eigenvalue weighted by atomic mass is 15.5. The van der Waals surface area contributed by atoms with Crippen LogP contribution in [0.3, 0.4) is 0 Å². The molecule has 22 heavy (non-hydrogen) atoms. The number of hydrogen-bond donors (Lipinski definition) is 1. The molecule has 1 N–H and O–H groups in total. The predicted octanol–water partition coefficient (Wildman–Crippen LogP) is 2.45. The maximum atomic E-state index is 9.11. The van der Waals surface area contributed by atoms with E-state index >= 15 is 0 Å². The fourth-order valence-electron chi connectivity index (χ4n) is 2.20. The van der Waals surface area contributed by atoms with Crippen molar-refractivity contribution >= 4 is 5.69 Å². The molecule has 0 aliphatic carbocycles. The van der Waals surface area contributed by atoms with E-state index in [-0.39, 0.29) is 0 Å². The largest absolute Gasteiger partial charge is 0.381 e. The van der Waals surface area contributed by atoms with Gasteiger partial charge in [-0.1, -0.05) is 24.3 Å². The van der Waals surface area contributed by atoms with Gasteiger partial charge in [0, 0.05) is 12.2 Å². The van der Waals surface area contributed by atoms with E-state index in [9.17, 15) is 0 Å². The summed E-state index contributed by atoms with van der Waals surface area (Å²) in [6.07, 6.45) is 0. The van der Waals surface area contributed by atoms with Gasteiger partial charge in [-0.3, -0.25) is 0 Å². The van der Waals surface area contributed by atoms with Crippen molar-refractivity contribution in [2.75, 3.05) is 5.32 Å². The Kier molecular flexibility index (Phi) is 3.79. The number of benzene rings is 2. The van der Waals surface area contributed by atoms with E-state index < -0.39 is 0 Å². The monoisotopic (exact) mass is 290 g/mol. The van der Waals surface area contributed by atoms with E-state index in [4.69, 9.17) is 5.26 Å². The lowest BCUT2D eigenvalue weighted by Gasteiger charge is -2.09. The van der Waals surface area contributed by atoms with E-state index in [0.29, 0.717) is 12.1 Å². The highest BCUT2D eigenvalue weighted by molar-refractivity contribution is 5.52. The van der Waals surface area contributed by atoms with Crippen LogP contribution in [-0.2, 0) is 6.54 Å². The fraction of sp³-hybridized carbons (Fsp3) is 0.125. The van der Waals surface area contributed by atoms with Crippen LogP contribution in [0.1, 0.15) is 17.0 Å². The average molecular weight is 290 g/mol. The summed E-state index contributed by atoms with van der Waals surface area (Å²) in [6, 6.07) is 17.6. The van der Waals surface area contributed by atoms with Gasteiger partial charge < -0.3 is 5.32 Å². The van der Waals surface area contributed by atoms with E-state index in [1.54, 1.807) is 4.68 Å². The summed E-state index contributed by atoms with van der Waals surface area (Å²) in [5.74, 6) is 0.729. The smallest absolute Gasteiger partial charge is 0.153 e. The maximum Gasteiger partial charge on any atom is 0.153 e. The Labute approximate surface area is 128 Å². The second-order valence-corrected chi connectivity index (χ2v) is 4.81. The Morgan fingerprint density at radius 2 is 2.05 bits per heavy atom. The number of tetrazole rings is 1. The van der Waals surface area contributed by atoms with Crippen molar-refractivity contribution in [1.29, 1.82) is 5.26 Å². The van der Waals surface area contributed by atoms with Gasteiger partial charge in [0.2, 0.25) is 0 Å². The SMILES string of the molecule is Cc1nnnn1-c1cccc(NCc2ccccc2C#N)c1. The molecule has 1 heterocycles. The summed E-state index contributed by atoms with van der Waals surface area (Å²) in [5, 5.41) is 23.9. The van der Waals surface area contributed by atoms with Gasteiger partial charge >= 0.3 is 0 Å². The number of nitriles is 1. The van der Waals surface area contributed by atoms with Crippen LogP contribution in [0.5, 0.6) is 0 Å². The standard InChI is InChI=1S/C16H14N6/c1-12-19-20-21-22(12)16-8-4-7-15(9-16)18-11-14-6-3-2-5-13(14)10-17/h2-9,18H,11H2,1H3. The minimum Gasteiger partial charge on any atom is -0.381 e. The minimum atomic E-state index is 0.585. The Bertz CT molecular complexity index is 830. The molecule has 1 aromatic heterocycles. The van der Waals surface area contributed by atoms with Gasteiger partial charge in [-0.2, -0.15) is 9.94 Å². The third-order valence-corrected chi connectivity index (χ3v) is 3.34. The number of hydrogen-bond acceptors (Lipinski definition) is 5. The quantitative estimate of drug-likeness (QED) is 0.798. The number of aromatic nitrogens is 4. The third kappa shape index (κ3) is 2.79. The highest BCUT2D eigenvalue weighted by Gasteiger charge is 2.05. The molecule has 0 saturated carbocycles. The van der Waals surface area contributed by atoms with E-state index in [1.165, 1.54) is 0 Å². The molecule has 0 bridgehead atoms. The Balaban J connectivity index is 1.79. The molecule has 0 saturated heterocycles. The van der Waals surface area contributed by atoms with E-state index in [1.807, 2.05) is 55.5 Å². The van der Waals surface area contributed by atoms with Crippen LogP contribution in [0.2, 0.25) is 0 Å². The second kappa shape index (κ2) is 6.06. The normalized spacial score (nSPS) is 10.2. The van der Waals surface area contributed by atoms with E-state index in [2.05, 4.69) is 26.9 Å². The van der Waals surface area contributed by atoms with Crippen molar-refractivity contribution < 1.29 is 0 Å². The van der Waals surface area contributed by atoms with Crippen molar-refractivity contribution in [3.8, 4) is 11.8 Å². The first kappa shape index (κ1) is 13.8. The molecular weight excluding hydrogens is 276 g/mol. The average Bonchev–Trinajstić information content (AvgIpc) is 2.99. The van der Waals surface area contributed by atoms with Gasteiger partial charge in [-0.15, -0.1) is 5.10 Å². The highest BCUT2D eigenvalue weighted by Crippen LogP contribution is 2.16. The van der Waals surface area contributed by atoms with E-state index in [0.717, 1.165) is 22.8 Å². The molecule has 108 valence electrons. The first-order valence-corrected chi connectivity index (χ1v) is 6.85. The first-order valence-electron chi connectivity index (χ1n) is 6.85. The minimum absolute atomic E-state index is 0.585. The Morgan fingerprint density at radius 3 is 2.82 bits per heavy atom. The molecule has 2 aromatic carbocycles. The van der Waals surface area contributed by atoms with Gasteiger partial charge in [0.1, 0.15) is 0 Å². The van der Waals surface area contributed by atoms with Crippen molar-refractivity contribution in [2.45, 2.75) is 13.5 Å². The predicted molar refractivity (Wildman–Crippen MR) is 82.4 cm³/mol. The van der Waals surface area contributed by atoms with Gasteiger partial charge in [-0.05, 0) is 47.2 Å². The van der Waals surface area contributed by atoms with Crippen LogP contribution < -0.4 is 5.32 Å². The summed E-state index contributed by atoms with van der Waals surface area (Å²) >= 11 is 0. The van der Waals surface area contributed by atoms with Crippen LogP contribution in [0.15, 0.2) is 48.5 Å². The molecule has 0 fully saturated rings. The zero-order valence-corrected chi connectivity index (χ0v) is 12.1. The molecule has 0 radical (unpaired) electrons. The Morgan fingerprint density at radius 1 is 1.18 bits per heavy atom. The summed E-state index contributed by atoms with van der Waals surface area (Å²) < 4.78 is 1.68. The summed E-state index contributed by atoms with van der Waals surface area (Å²) in [4.78, 5) is 0. The number of rotatable bonds is 4. The molecular formula is C16H14N6. The number of nitrogens with one attached hydrogen (secondary N) is 1. The lowest BCUT2D eigenvalue weighted by Crippen LogP contribution is -2.04. The van der Waals surface area contributed by atoms with Crippen LogP contribution in [0.4, 0.5) is 5.69 Å². The molecule has 0 atom stereocenters. The molecule has 6 nitrogen and oxygen atoms in total. The summed E-state index contributed by atoms with van der Waals surface area (Å²) in [5.41, 5.74) is 3.48. The molecule has 0 amide bonds. The number of nitrogens with zero attached hydrogens (tertiary/aromatic N) is 5. The maximum absolute atomic E-state index is 9.11. The molecule has 0 spiro atoms. The van der Waals surface area contributed by atoms with Gasteiger partial charge in [0.05, 0.1) is 17.3 Å².